The predicted molar refractivity (Wildman–Crippen MR) is 119 cm³/mol. The molecule has 0 unspecified atom stereocenters. The first-order chi connectivity index (χ1) is 14.2. The molecular weight excluding hydrogens is 398 g/mol. The van der Waals surface area contributed by atoms with Crippen LogP contribution < -0.4 is 20.1 Å². The van der Waals surface area contributed by atoms with E-state index in [0.717, 1.165) is 29.9 Å². The van der Waals surface area contributed by atoms with E-state index in [0.29, 0.717) is 13.1 Å². The summed E-state index contributed by atoms with van der Waals surface area (Å²) in [6, 6.07) is 10.1. The normalized spacial score (nSPS) is 19.5. The molecule has 1 fully saturated rings. The Morgan fingerprint density at radius 3 is 2.60 bits per heavy atom. The lowest BCUT2D eigenvalue weighted by atomic mass is 9.79. The molecule has 6 nitrogen and oxygen atoms in total. The van der Waals surface area contributed by atoms with Crippen molar-refractivity contribution in [2.75, 3.05) is 6.79 Å². The van der Waals surface area contributed by atoms with E-state index in [-0.39, 0.29) is 29.9 Å². The van der Waals surface area contributed by atoms with E-state index in [1.54, 1.807) is 11.3 Å². The number of rotatable bonds is 5. The van der Waals surface area contributed by atoms with Crippen LogP contribution >= 0.6 is 11.3 Å². The molecule has 162 valence electrons. The molecule has 2 aliphatic heterocycles. The molecule has 2 N–H and O–H groups in total. The van der Waals surface area contributed by atoms with Gasteiger partial charge in [-0.1, -0.05) is 12.1 Å². The number of urea groups is 1. The van der Waals surface area contributed by atoms with E-state index in [4.69, 9.17) is 9.47 Å². The van der Waals surface area contributed by atoms with E-state index in [2.05, 4.69) is 49.8 Å². The zero-order chi connectivity index (χ0) is 21.4. The Bertz CT molecular complexity index is 879. The van der Waals surface area contributed by atoms with Gasteiger partial charge in [0.15, 0.2) is 11.5 Å². The molecule has 2 aromatic rings. The Morgan fingerprint density at radius 2 is 1.90 bits per heavy atom. The minimum absolute atomic E-state index is 0.0282. The molecule has 0 radical (unpaired) electrons. The van der Waals surface area contributed by atoms with Crippen LogP contribution in [0.3, 0.4) is 0 Å². The Kier molecular flexibility index (Phi) is 5.68. The van der Waals surface area contributed by atoms with Gasteiger partial charge in [0.25, 0.3) is 0 Å². The molecule has 1 aromatic heterocycles. The molecule has 0 atom stereocenters. The van der Waals surface area contributed by atoms with Crippen molar-refractivity contribution in [3.63, 3.8) is 0 Å². The monoisotopic (exact) mass is 429 g/mol. The molecule has 0 spiro atoms. The third-order valence-corrected chi connectivity index (χ3v) is 6.52. The summed E-state index contributed by atoms with van der Waals surface area (Å²) in [7, 11) is 0. The van der Waals surface area contributed by atoms with Crippen LogP contribution in [0, 0.1) is 0 Å². The first kappa shape index (κ1) is 21.0. The lowest BCUT2D eigenvalue weighted by Gasteiger charge is -2.49. The van der Waals surface area contributed by atoms with Gasteiger partial charge in [-0.2, -0.15) is 0 Å². The smallest absolute Gasteiger partial charge is 0.318 e. The Labute approximate surface area is 182 Å². The van der Waals surface area contributed by atoms with Gasteiger partial charge in [-0.25, -0.2) is 4.79 Å². The Balaban J connectivity index is 1.49. The van der Waals surface area contributed by atoms with Crippen molar-refractivity contribution < 1.29 is 14.3 Å². The van der Waals surface area contributed by atoms with Crippen molar-refractivity contribution in [1.29, 1.82) is 0 Å². The first-order valence-electron chi connectivity index (χ1n) is 10.5. The molecule has 1 saturated heterocycles. The number of thiophene rings is 1. The van der Waals surface area contributed by atoms with Crippen molar-refractivity contribution in [3.05, 3.63) is 46.2 Å². The van der Waals surface area contributed by atoms with Crippen molar-refractivity contribution in [1.82, 2.24) is 15.5 Å². The third-order valence-electron chi connectivity index (χ3n) is 5.66. The summed E-state index contributed by atoms with van der Waals surface area (Å²) in [6.07, 6.45) is 1.83. The minimum atomic E-state index is -0.0300. The van der Waals surface area contributed by atoms with Gasteiger partial charge in [-0.3, -0.25) is 0 Å². The number of nitrogens with zero attached hydrogens (tertiary/aromatic N) is 1. The maximum Gasteiger partial charge on any atom is 0.318 e. The van der Waals surface area contributed by atoms with Gasteiger partial charge in [0.05, 0.1) is 6.54 Å². The van der Waals surface area contributed by atoms with Gasteiger partial charge in [-0.05, 0) is 69.7 Å². The molecular formula is C23H31N3O3S. The van der Waals surface area contributed by atoms with Crippen molar-refractivity contribution in [2.45, 2.75) is 70.7 Å². The summed E-state index contributed by atoms with van der Waals surface area (Å²) in [5.74, 6) is 1.49. The van der Waals surface area contributed by atoms with Crippen molar-refractivity contribution in [3.8, 4) is 11.5 Å². The fourth-order valence-corrected chi connectivity index (χ4v) is 5.46. The number of fused-ring (bicyclic) bond motifs is 1. The van der Waals surface area contributed by atoms with Gasteiger partial charge in [0.2, 0.25) is 6.79 Å². The maximum absolute atomic E-state index is 13.3. The molecule has 0 bridgehead atoms. The molecule has 0 aliphatic carbocycles. The van der Waals surface area contributed by atoms with Gasteiger partial charge in [-0.15, -0.1) is 11.3 Å². The number of nitrogens with one attached hydrogen (secondary N) is 2. The van der Waals surface area contributed by atoms with Crippen LogP contribution in [0.1, 0.15) is 51.0 Å². The molecule has 2 amide bonds. The largest absolute Gasteiger partial charge is 0.454 e. The lowest BCUT2D eigenvalue weighted by Crippen LogP contribution is -2.63. The highest BCUT2D eigenvalue weighted by Gasteiger charge is 2.41. The number of benzene rings is 1. The number of hydrogen-bond donors (Lipinski definition) is 2. The van der Waals surface area contributed by atoms with Crippen LogP contribution in [0.4, 0.5) is 4.79 Å². The van der Waals surface area contributed by atoms with Gasteiger partial charge in [0.1, 0.15) is 0 Å². The van der Waals surface area contributed by atoms with E-state index in [1.165, 1.54) is 4.88 Å². The number of ether oxygens (including phenoxy) is 2. The van der Waals surface area contributed by atoms with E-state index >= 15 is 0 Å². The molecule has 0 saturated carbocycles. The van der Waals surface area contributed by atoms with Gasteiger partial charge < -0.3 is 25.0 Å². The molecule has 2 aliphatic rings. The summed E-state index contributed by atoms with van der Waals surface area (Å²) in [6.45, 7) is 10.2. The molecule has 7 heteroatoms. The number of carbonyl (C=O) groups excluding carboxylic acids is 1. The summed E-state index contributed by atoms with van der Waals surface area (Å²) in [5.41, 5.74) is 0.935. The second kappa shape index (κ2) is 8.12. The molecule has 1 aromatic carbocycles. The molecule has 3 heterocycles. The first-order valence-corrected chi connectivity index (χ1v) is 11.3. The number of piperidine rings is 1. The summed E-state index contributed by atoms with van der Waals surface area (Å²) in [4.78, 5) is 16.6. The second-order valence-electron chi connectivity index (χ2n) is 9.51. The van der Waals surface area contributed by atoms with Crippen LogP contribution in [-0.2, 0) is 13.1 Å². The standard InChI is InChI=1S/C23H31N3O3S/c1-22(2)11-17(12-23(3,4)25-22)26(14-18-6-5-9-30-18)21(27)24-13-16-7-8-19-20(10-16)29-15-28-19/h5-10,17,25H,11-15H2,1-4H3,(H,24,27). The topological polar surface area (TPSA) is 62.8 Å². The van der Waals surface area contributed by atoms with Gasteiger partial charge in [0, 0.05) is 28.5 Å². The second-order valence-corrected chi connectivity index (χ2v) is 10.5. The average molecular weight is 430 g/mol. The highest BCUT2D eigenvalue weighted by Crippen LogP contribution is 2.34. The molecule has 30 heavy (non-hydrogen) atoms. The van der Waals surface area contributed by atoms with Crippen LogP contribution in [0.2, 0.25) is 0 Å². The molecule has 4 rings (SSSR count). The number of carbonyl (C=O) groups is 1. The maximum atomic E-state index is 13.3. The van der Waals surface area contributed by atoms with Crippen molar-refractivity contribution >= 4 is 17.4 Å². The average Bonchev–Trinajstić information content (AvgIpc) is 3.32. The van der Waals surface area contributed by atoms with E-state index in [9.17, 15) is 4.79 Å². The lowest BCUT2D eigenvalue weighted by molar-refractivity contribution is 0.0793. The number of amides is 2. The Hall–Kier alpha value is -2.25. The van der Waals surface area contributed by atoms with Crippen LogP contribution in [0.5, 0.6) is 11.5 Å². The van der Waals surface area contributed by atoms with Gasteiger partial charge >= 0.3 is 6.03 Å². The van der Waals surface area contributed by atoms with Crippen molar-refractivity contribution in [2.24, 2.45) is 0 Å². The van der Waals surface area contributed by atoms with Crippen LogP contribution in [0.15, 0.2) is 35.7 Å². The van der Waals surface area contributed by atoms with Crippen LogP contribution in [0.25, 0.3) is 0 Å². The highest BCUT2D eigenvalue weighted by atomic mass is 32.1. The Morgan fingerprint density at radius 1 is 1.17 bits per heavy atom. The third kappa shape index (κ3) is 4.90. The highest BCUT2D eigenvalue weighted by molar-refractivity contribution is 7.09. The fraction of sp³-hybridized carbons (Fsp3) is 0.522. The SMILES string of the molecule is CC1(C)CC(N(Cc2cccs2)C(=O)NCc2ccc3c(c2)OCO3)CC(C)(C)N1. The fourth-order valence-electron chi connectivity index (χ4n) is 4.76. The van der Waals surface area contributed by atoms with E-state index < -0.39 is 0 Å². The zero-order valence-electron chi connectivity index (χ0n) is 18.2. The predicted octanol–water partition coefficient (Wildman–Crippen LogP) is 4.50. The van der Waals surface area contributed by atoms with E-state index in [1.807, 2.05) is 29.2 Å². The quantitative estimate of drug-likeness (QED) is 0.735. The minimum Gasteiger partial charge on any atom is -0.454 e. The summed E-state index contributed by atoms with van der Waals surface area (Å²) < 4.78 is 10.8. The zero-order valence-corrected chi connectivity index (χ0v) is 19.0. The van der Waals surface area contributed by atoms with Crippen LogP contribution in [-0.4, -0.2) is 34.8 Å². The summed E-state index contributed by atoms with van der Waals surface area (Å²) in [5, 5.41) is 8.91. The number of hydrogen-bond acceptors (Lipinski definition) is 5. The summed E-state index contributed by atoms with van der Waals surface area (Å²) >= 11 is 1.69.